The molecule has 0 spiro atoms. The van der Waals surface area contributed by atoms with Crippen LogP contribution in [0.4, 0.5) is 0 Å². The van der Waals surface area contributed by atoms with E-state index in [2.05, 4.69) is 9.55 Å². The van der Waals surface area contributed by atoms with Gasteiger partial charge in [-0.05, 0) is 0 Å². The molecule has 0 amide bonds. The Bertz CT molecular complexity index is 619. The maximum atomic E-state index is 10.6. The van der Waals surface area contributed by atoms with Crippen molar-refractivity contribution in [1.29, 1.82) is 0 Å². The average Bonchev–Trinajstić information content (AvgIpc) is 2.99. The van der Waals surface area contributed by atoms with Crippen LogP contribution in [0.25, 0.3) is 0 Å². The first-order valence-corrected chi connectivity index (χ1v) is 8.09. The lowest BCUT2D eigenvalue weighted by Gasteiger charge is -1.99. The van der Waals surface area contributed by atoms with Gasteiger partial charge in [-0.1, -0.05) is 0 Å². The zero-order chi connectivity index (χ0) is 14.4. The van der Waals surface area contributed by atoms with Gasteiger partial charge >= 0.3 is 0 Å². The first kappa shape index (κ1) is 14.7. The maximum Gasteiger partial charge on any atom is 0.265 e. The molecule has 0 saturated carbocycles. The van der Waals surface area contributed by atoms with E-state index < -0.39 is 10.1 Å². The van der Waals surface area contributed by atoms with E-state index in [1.165, 1.54) is 0 Å². The van der Waals surface area contributed by atoms with Crippen LogP contribution in [0.5, 0.6) is 0 Å². The number of aryl methyl sites for hydroxylation is 3. The Morgan fingerprint density at radius 1 is 1.15 bits per heavy atom. The second-order valence-corrected chi connectivity index (χ2v) is 6.25. The van der Waals surface area contributed by atoms with Gasteiger partial charge in [-0.2, -0.15) is 8.42 Å². The van der Waals surface area contributed by atoms with Crippen molar-refractivity contribution in [2.24, 2.45) is 0 Å². The molecule has 7 nitrogen and oxygen atoms in total. The Labute approximate surface area is 118 Å². The second kappa shape index (κ2) is 6.67. The predicted molar refractivity (Wildman–Crippen MR) is 72.5 cm³/mol. The summed E-state index contributed by atoms with van der Waals surface area (Å²) in [5.74, 6) is -0.203. The van der Waals surface area contributed by atoms with Crippen molar-refractivity contribution in [3.8, 4) is 0 Å². The van der Waals surface area contributed by atoms with E-state index in [1.807, 2.05) is 34.1 Å². The van der Waals surface area contributed by atoms with E-state index in [0.29, 0.717) is 13.0 Å². The number of aromatic nitrogens is 4. The van der Waals surface area contributed by atoms with E-state index in [4.69, 9.17) is 4.55 Å². The topological polar surface area (TPSA) is 81.0 Å². The van der Waals surface area contributed by atoms with Crippen molar-refractivity contribution in [2.75, 3.05) is 5.75 Å². The van der Waals surface area contributed by atoms with E-state index in [-0.39, 0.29) is 5.75 Å². The molecule has 2 heterocycles. The molecule has 0 aliphatic rings. The highest BCUT2D eigenvalue weighted by atomic mass is 32.2. The summed E-state index contributed by atoms with van der Waals surface area (Å²) in [5.41, 5.74) is 0. The van der Waals surface area contributed by atoms with Crippen molar-refractivity contribution in [3.05, 3.63) is 37.4 Å². The minimum Gasteiger partial charge on any atom is -0.337 e. The van der Waals surface area contributed by atoms with Crippen LogP contribution < -0.4 is 4.57 Å². The Morgan fingerprint density at radius 3 is 2.65 bits per heavy atom. The highest BCUT2D eigenvalue weighted by Crippen LogP contribution is 1.95. The number of hydrogen-bond donors (Lipinski definition) is 1. The van der Waals surface area contributed by atoms with E-state index in [1.54, 1.807) is 12.5 Å². The molecule has 0 aromatic carbocycles. The Morgan fingerprint density at radius 2 is 1.95 bits per heavy atom. The molecule has 0 atom stereocenters. The normalized spacial score (nSPS) is 11.8. The molecule has 2 aromatic rings. The van der Waals surface area contributed by atoms with Gasteiger partial charge in [0.2, 0.25) is 6.33 Å². The van der Waals surface area contributed by atoms with Gasteiger partial charge in [0.1, 0.15) is 12.4 Å². The average molecular weight is 299 g/mol. The molecular formula is C12H19N4O3S+. The minimum atomic E-state index is -3.86. The molecule has 2 rings (SSSR count). The molecule has 0 unspecified atom stereocenters. The standard InChI is InChI=1S/C12H18N4O3S/c17-20(18,19)10-2-6-16-9-8-15(12-16)5-1-4-14-7-3-13-11-14/h3,7-9,11-12H,1-2,4-6,10H2/p+1. The first-order valence-electron chi connectivity index (χ1n) is 6.49. The van der Waals surface area contributed by atoms with Crippen molar-refractivity contribution >= 4 is 10.1 Å². The van der Waals surface area contributed by atoms with Gasteiger partial charge in [-0.3, -0.25) is 4.55 Å². The molecule has 0 bridgehead atoms. The van der Waals surface area contributed by atoms with Gasteiger partial charge < -0.3 is 4.57 Å². The van der Waals surface area contributed by atoms with Crippen LogP contribution in [-0.2, 0) is 29.8 Å². The monoisotopic (exact) mass is 299 g/mol. The highest BCUT2D eigenvalue weighted by Gasteiger charge is 2.07. The van der Waals surface area contributed by atoms with Gasteiger partial charge in [0.25, 0.3) is 10.1 Å². The van der Waals surface area contributed by atoms with Crippen molar-refractivity contribution in [2.45, 2.75) is 32.5 Å². The van der Waals surface area contributed by atoms with Gasteiger partial charge in [-0.15, -0.1) is 0 Å². The molecular weight excluding hydrogens is 280 g/mol. The summed E-state index contributed by atoms with van der Waals surface area (Å²) in [7, 11) is -3.86. The molecule has 1 N–H and O–H groups in total. The lowest BCUT2D eigenvalue weighted by atomic mass is 10.4. The molecule has 0 radical (unpaired) electrons. The quantitative estimate of drug-likeness (QED) is 0.563. The number of nitrogens with zero attached hydrogens (tertiary/aromatic N) is 4. The number of rotatable bonds is 8. The summed E-state index contributed by atoms with van der Waals surface area (Å²) < 4.78 is 35.9. The van der Waals surface area contributed by atoms with Gasteiger partial charge in [0.15, 0.2) is 0 Å². The third-order valence-corrected chi connectivity index (χ3v) is 3.76. The summed E-state index contributed by atoms with van der Waals surface area (Å²) in [6, 6.07) is 0. The Kier molecular flexibility index (Phi) is 4.91. The maximum absolute atomic E-state index is 10.6. The molecule has 20 heavy (non-hydrogen) atoms. The van der Waals surface area contributed by atoms with Crippen LogP contribution in [0.2, 0.25) is 0 Å². The fourth-order valence-electron chi connectivity index (χ4n) is 1.99. The van der Waals surface area contributed by atoms with Crippen molar-refractivity contribution in [1.82, 2.24) is 14.1 Å². The zero-order valence-electron chi connectivity index (χ0n) is 11.2. The minimum absolute atomic E-state index is 0.203. The predicted octanol–water partition coefficient (Wildman–Crippen LogP) is 0.340. The molecule has 0 fully saturated rings. The van der Waals surface area contributed by atoms with Crippen molar-refractivity contribution < 1.29 is 17.5 Å². The highest BCUT2D eigenvalue weighted by molar-refractivity contribution is 7.85. The molecule has 0 aliphatic heterocycles. The summed E-state index contributed by atoms with van der Waals surface area (Å²) in [4.78, 5) is 3.99. The third kappa shape index (κ3) is 5.14. The summed E-state index contributed by atoms with van der Waals surface area (Å²) >= 11 is 0. The van der Waals surface area contributed by atoms with E-state index in [0.717, 1.165) is 19.5 Å². The van der Waals surface area contributed by atoms with Crippen LogP contribution in [0.3, 0.4) is 0 Å². The smallest absolute Gasteiger partial charge is 0.265 e. The van der Waals surface area contributed by atoms with Crippen LogP contribution in [0, 0.1) is 0 Å². The van der Waals surface area contributed by atoms with Gasteiger partial charge in [0, 0.05) is 31.8 Å². The Balaban J connectivity index is 1.71. The SMILES string of the molecule is O=S(=O)(O)CCCn1cc[n+](CCCn2ccnc2)c1. The molecule has 2 aromatic heterocycles. The lowest BCUT2D eigenvalue weighted by Crippen LogP contribution is -2.31. The fraction of sp³-hybridized carbons (Fsp3) is 0.500. The zero-order valence-corrected chi connectivity index (χ0v) is 12.0. The molecule has 0 saturated heterocycles. The van der Waals surface area contributed by atoms with Crippen LogP contribution in [-0.4, -0.2) is 32.8 Å². The second-order valence-electron chi connectivity index (χ2n) is 4.68. The third-order valence-electron chi connectivity index (χ3n) is 2.96. The van der Waals surface area contributed by atoms with E-state index >= 15 is 0 Å². The summed E-state index contributed by atoms with van der Waals surface area (Å²) in [6.07, 6.45) is 12.7. The first-order chi connectivity index (χ1) is 9.53. The Hall–Kier alpha value is -1.67. The lowest BCUT2D eigenvalue weighted by molar-refractivity contribution is -0.697. The van der Waals surface area contributed by atoms with E-state index in [9.17, 15) is 8.42 Å². The largest absolute Gasteiger partial charge is 0.337 e. The summed E-state index contributed by atoms with van der Waals surface area (Å²) in [6.45, 7) is 2.39. The molecule has 110 valence electrons. The number of hydrogen-bond acceptors (Lipinski definition) is 3. The van der Waals surface area contributed by atoms with Gasteiger partial charge in [0.05, 0.1) is 25.2 Å². The van der Waals surface area contributed by atoms with Gasteiger partial charge in [-0.25, -0.2) is 14.1 Å². The van der Waals surface area contributed by atoms with Crippen LogP contribution in [0.1, 0.15) is 12.8 Å². The van der Waals surface area contributed by atoms with Crippen molar-refractivity contribution in [3.63, 3.8) is 0 Å². The fourth-order valence-corrected chi connectivity index (χ4v) is 2.48. The van der Waals surface area contributed by atoms with Crippen LogP contribution >= 0.6 is 0 Å². The summed E-state index contributed by atoms with van der Waals surface area (Å²) in [5, 5.41) is 0. The number of imidazole rings is 2. The van der Waals surface area contributed by atoms with Crippen LogP contribution in [0.15, 0.2) is 37.4 Å². The molecule has 0 aliphatic carbocycles. The molecule has 8 heteroatoms.